The second kappa shape index (κ2) is 2.46. The lowest BCUT2D eigenvalue weighted by Crippen LogP contribution is -1.72. The Labute approximate surface area is 60.8 Å². The zero-order chi connectivity index (χ0) is 5.98. The summed E-state index contributed by atoms with van der Waals surface area (Å²) in [4.78, 5) is 3.83. The first-order valence-electron chi connectivity index (χ1n) is 1.98. The van der Waals surface area contributed by atoms with Crippen LogP contribution in [0.2, 0.25) is 5.02 Å². The van der Waals surface area contributed by atoms with Crippen LogP contribution in [0.5, 0.6) is 0 Å². The number of pyridine rings is 1. The summed E-state index contributed by atoms with van der Waals surface area (Å²) < 4.78 is 0.640. The molecule has 0 aromatic carbocycles. The third kappa shape index (κ3) is 1.20. The van der Waals surface area contributed by atoms with E-state index in [-0.39, 0.29) is 0 Å². The minimum Gasteiger partial charge on any atom is -0.248 e. The van der Waals surface area contributed by atoms with E-state index in [9.17, 15) is 0 Å². The molecule has 0 fully saturated rings. The van der Waals surface area contributed by atoms with Crippen LogP contribution >= 0.6 is 27.5 Å². The largest absolute Gasteiger partial charge is 0.248 e. The van der Waals surface area contributed by atoms with Gasteiger partial charge in [-0.15, -0.1) is 0 Å². The van der Waals surface area contributed by atoms with E-state index in [1.165, 1.54) is 0 Å². The molecule has 0 spiro atoms. The van der Waals surface area contributed by atoms with Crippen molar-refractivity contribution in [3.8, 4) is 0 Å². The van der Waals surface area contributed by atoms with Crippen molar-refractivity contribution in [2.45, 2.75) is 0 Å². The van der Waals surface area contributed by atoms with Gasteiger partial charge in [-0.1, -0.05) is 11.6 Å². The van der Waals surface area contributed by atoms with Gasteiger partial charge in [0.05, 0.1) is 5.02 Å². The molecule has 8 heavy (non-hydrogen) atoms. The molecule has 1 nitrogen and oxygen atoms in total. The van der Waals surface area contributed by atoms with Crippen LogP contribution in [0.4, 0.5) is 0 Å². The Morgan fingerprint density at radius 2 is 2.50 bits per heavy atom. The van der Waals surface area contributed by atoms with Gasteiger partial charge in [-0.2, -0.15) is 0 Å². The van der Waals surface area contributed by atoms with Crippen molar-refractivity contribution in [2.75, 3.05) is 0 Å². The molecule has 0 bridgehead atoms. The normalized spacial score (nSPS) is 9.25. The smallest absolute Gasteiger partial charge is 0.125 e. The molecule has 0 saturated heterocycles. The fourth-order valence-electron chi connectivity index (χ4n) is 0.329. The van der Waals surface area contributed by atoms with E-state index in [0.717, 1.165) is 0 Å². The van der Waals surface area contributed by atoms with E-state index in [1.807, 2.05) is 0 Å². The molecule has 0 aliphatic carbocycles. The zero-order valence-electron chi connectivity index (χ0n) is 3.86. The lowest BCUT2D eigenvalue weighted by atomic mass is 10.5. The highest BCUT2D eigenvalue weighted by molar-refractivity contribution is 9.10. The number of hydrogen-bond donors (Lipinski definition) is 0. The Morgan fingerprint density at radius 1 is 1.75 bits per heavy atom. The summed E-state index contributed by atoms with van der Waals surface area (Å²) in [5, 5.41) is 0.521. The van der Waals surface area contributed by atoms with Crippen LogP contribution in [-0.2, 0) is 0 Å². The number of nitrogens with zero attached hydrogens (tertiary/aromatic N) is 1. The lowest BCUT2D eigenvalue weighted by Gasteiger charge is -1.87. The molecule has 0 unspecified atom stereocenters. The summed E-state index contributed by atoms with van der Waals surface area (Å²) in [6, 6.07) is 4.42. The third-order valence-electron chi connectivity index (χ3n) is 0.654. The molecule has 1 rings (SSSR count). The van der Waals surface area contributed by atoms with Crippen LogP contribution in [0.15, 0.2) is 16.9 Å². The molecule has 0 N–H and O–H groups in total. The molecular weight excluding hydrogens is 189 g/mol. The van der Waals surface area contributed by atoms with Gasteiger partial charge in [-0.25, -0.2) is 4.98 Å². The minimum atomic E-state index is 0.521. The van der Waals surface area contributed by atoms with Crippen LogP contribution < -0.4 is 0 Å². The van der Waals surface area contributed by atoms with Crippen molar-refractivity contribution in [1.82, 2.24) is 4.98 Å². The van der Waals surface area contributed by atoms with Crippen LogP contribution in [0.25, 0.3) is 0 Å². The Bertz CT molecular complexity index is 169. The van der Waals surface area contributed by atoms with Crippen molar-refractivity contribution in [3.05, 3.63) is 28.0 Å². The van der Waals surface area contributed by atoms with Gasteiger partial charge in [0.1, 0.15) is 4.60 Å². The molecule has 0 saturated carbocycles. The van der Waals surface area contributed by atoms with E-state index in [1.54, 1.807) is 12.3 Å². The SMILES string of the molecule is Clc1[c]ccnc1Br. The van der Waals surface area contributed by atoms with E-state index in [0.29, 0.717) is 9.63 Å². The van der Waals surface area contributed by atoms with Crippen molar-refractivity contribution in [3.63, 3.8) is 0 Å². The Morgan fingerprint density at radius 3 is 2.88 bits per heavy atom. The predicted octanol–water partition coefficient (Wildman–Crippen LogP) is 2.30. The van der Waals surface area contributed by atoms with Gasteiger partial charge in [-0.05, 0) is 22.0 Å². The molecule has 1 aromatic rings. The molecule has 1 heterocycles. The molecular formula is C5H2BrClN. The van der Waals surface area contributed by atoms with Crippen LogP contribution in [0.3, 0.4) is 0 Å². The minimum absolute atomic E-state index is 0.521. The maximum atomic E-state index is 5.54. The molecule has 3 heteroatoms. The van der Waals surface area contributed by atoms with Crippen molar-refractivity contribution in [2.24, 2.45) is 0 Å². The van der Waals surface area contributed by atoms with E-state index in [4.69, 9.17) is 11.6 Å². The van der Waals surface area contributed by atoms with Crippen LogP contribution in [0, 0.1) is 6.07 Å². The number of hydrogen-bond acceptors (Lipinski definition) is 1. The highest BCUT2D eigenvalue weighted by Crippen LogP contribution is 2.16. The first kappa shape index (κ1) is 6.05. The van der Waals surface area contributed by atoms with Crippen molar-refractivity contribution >= 4 is 27.5 Å². The van der Waals surface area contributed by atoms with Gasteiger partial charge in [0.25, 0.3) is 0 Å². The summed E-state index contributed by atoms with van der Waals surface area (Å²) in [5.74, 6) is 0. The third-order valence-corrected chi connectivity index (χ3v) is 1.77. The van der Waals surface area contributed by atoms with Crippen LogP contribution in [0.1, 0.15) is 0 Å². The number of rotatable bonds is 0. The van der Waals surface area contributed by atoms with Crippen molar-refractivity contribution in [1.29, 1.82) is 0 Å². The Kier molecular flexibility index (Phi) is 1.86. The van der Waals surface area contributed by atoms with Gasteiger partial charge in [0.15, 0.2) is 0 Å². The van der Waals surface area contributed by atoms with Crippen molar-refractivity contribution < 1.29 is 0 Å². The standard InChI is InChI=1S/C5H2BrClN/c6-5-4(7)2-1-3-8-5/h1,3H. The molecule has 1 aromatic heterocycles. The Balaban J connectivity index is 3.13. The maximum absolute atomic E-state index is 5.54. The first-order chi connectivity index (χ1) is 3.80. The first-order valence-corrected chi connectivity index (χ1v) is 3.15. The predicted molar refractivity (Wildman–Crippen MR) is 35.8 cm³/mol. The van der Waals surface area contributed by atoms with E-state index in [2.05, 4.69) is 27.0 Å². The number of halogens is 2. The summed E-state index contributed by atoms with van der Waals surface area (Å²) in [7, 11) is 0. The molecule has 0 atom stereocenters. The molecule has 0 aliphatic rings. The highest BCUT2D eigenvalue weighted by Gasteiger charge is 1.91. The second-order valence-corrected chi connectivity index (χ2v) is 2.32. The summed E-state index contributed by atoms with van der Waals surface area (Å²) in [6.07, 6.45) is 1.62. The van der Waals surface area contributed by atoms with E-state index < -0.39 is 0 Å². The summed E-state index contributed by atoms with van der Waals surface area (Å²) in [5.41, 5.74) is 0. The van der Waals surface area contributed by atoms with Gasteiger partial charge in [-0.3, -0.25) is 0 Å². The van der Waals surface area contributed by atoms with Gasteiger partial charge < -0.3 is 0 Å². The van der Waals surface area contributed by atoms with Crippen LogP contribution in [-0.4, -0.2) is 4.98 Å². The lowest BCUT2D eigenvalue weighted by molar-refractivity contribution is 1.27. The summed E-state index contributed by atoms with van der Waals surface area (Å²) >= 11 is 8.66. The quantitative estimate of drug-likeness (QED) is 0.574. The monoisotopic (exact) mass is 190 g/mol. The fraction of sp³-hybridized carbons (Fsp3) is 0. The van der Waals surface area contributed by atoms with Gasteiger partial charge in [0.2, 0.25) is 0 Å². The Hall–Kier alpha value is -0.0800. The average Bonchev–Trinajstić information content (AvgIpc) is 1.77. The average molecular weight is 191 g/mol. The zero-order valence-corrected chi connectivity index (χ0v) is 6.20. The maximum Gasteiger partial charge on any atom is 0.125 e. The topological polar surface area (TPSA) is 12.9 Å². The van der Waals surface area contributed by atoms with E-state index >= 15 is 0 Å². The highest BCUT2D eigenvalue weighted by atomic mass is 79.9. The molecule has 0 amide bonds. The molecule has 1 radical (unpaired) electrons. The number of aromatic nitrogens is 1. The molecule has 41 valence electrons. The molecule has 0 aliphatic heterocycles. The second-order valence-electron chi connectivity index (χ2n) is 1.19. The van der Waals surface area contributed by atoms with Gasteiger partial charge in [0, 0.05) is 12.3 Å². The fourth-order valence-corrected chi connectivity index (χ4v) is 0.674. The van der Waals surface area contributed by atoms with Gasteiger partial charge >= 0.3 is 0 Å². The summed E-state index contributed by atoms with van der Waals surface area (Å²) in [6.45, 7) is 0.